The first-order valence-corrected chi connectivity index (χ1v) is 8.87. The molecular formula is C17H21N5O2S. The second-order valence-electron chi connectivity index (χ2n) is 6.09. The summed E-state index contributed by atoms with van der Waals surface area (Å²) in [6, 6.07) is 5.10. The molecule has 8 heteroatoms. The molecule has 0 aromatic carbocycles. The molecular weight excluding hydrogens is 338 g/mol. The molecule has 0 saturated carbocycles. The summed E-state index contributed by atoms with van der Waals surface area (Å²) >= 11 is 1.27. The second kappa shape index (κ2) is 7.20. The minimum atomic E-state index is -0.491. The van der Waals surface area contributed by atoms with Crippen LogP contribution in [0.1, 0.15) is 24.9 Å². The summed E-state index contributed by atoms with van der Waals surface area (Å²) < 4.78 is 0. The summed E-state index contributed by atoms with van der Waals surface area (Å²) in [5.41, 5.74) is 6.44. The van der Waals surface area contributed by atoms with Gasteiger partial charge in [0.1, 0.15) is 5.82 Å². The van der Waals surface area contributed by atoms with Gasteiger partial charge in [0.2, 0.25) is 0 Å². The van der Waals surface area contributed by atoms with Crippen molar-refractivity contribution in [3.8, 4) is 0 Å². The first-order valence-electron chi connectivity index (χ1n) is 8.05. The van der Waals surface area contributed by atoms with Gasteiger partial charge in [-0.1, -0.05) is 0 Å². The lowest BCUT2D eigenvalue weighted by molar-refractivity contribution is 0.0999. The Morgan fingerprint density at radius 1 is 1.24 bits per heavy atom. The Kier molecular flexibility index (Phi) is 5.00. The number of aryl methyl sites for hydroxylation is 1. The molecule has 0 aliphatic carbocycles. The number of carbonyl (C=O) groups is 2. The van der Waals surface area contributed by atoms with E-state index in [1.165, 1.54) is 11.3 Å². The molecule has 1 aliphatic rings. The van der Waals surface area contributed by atoms with Crippen molar-refractivity contribution in [3.05, 3.63) is 39.7 Å². The highest BCUT2D eigenvalue weighted by Gasteiger charge is 2.18. The zero-order valence-corrected chi connectivity index (χ0v) is 15.1. The van der Waals surface area contributed by atoms with Crippen LogP contribution < -0.4 is 16.0 Å². The Labute approximate surface area is 150 Å². The van der Waals surface area contributed by atoms with Crippen LogP contribution in [0.3, 0.4) is 0 Å². The molecule has 2 aromatic rings. The molecule has 2 aromatic heterocycles. The predicted molar refractivity (Wildman–Crippen MR) is 99.5 cm³/mol. The highest BCUT2D eigenvalue weighted by molar-refractivity contribution is 7.14. The maximum atomic E-state index is 12.6. The monoisotopic (exact) mass is 359 g/mol. The van der Waals surface area contributed by atoms with Crippen molar-refractivity contribution < 1.29 is 9.59 Å². The van der Waals surface area contributed by atoms with Gasteiger partial charge in [-0.25, -0.2) is 4.98 Å². The van der Waals surface area contributed by atoms with Crippen molar-refractivity contribution in [2.75, 3.05) is 43.4 Å². The van der Waals surface area contributed by atoms with E-state index in [9.17, 15) is 9.59 Å². The molecule has 25 heavy (non-hydrogen) atoms. The molecule has 0 atom stereocenters. The Bertz CT molecular complexity index is 796. The topological polar surface area (TPSA) is 91.6 Å². The molecule has 7 nitrogen and oxygen atoms in total. The quantitative estimate of drug-likeness (QED) is 0.864. The van der Waals surface area contributed by atoms with Crippen molar-refractivity contribution in [2.24, 2.45) is 5.73 Å². The van der Waals surface area contributed by atoms with Gasteiger partial charge < -0.3 is 20.9 Å². The number of nitrogens with one attached hydrogen (secondary N) is 1. The Hall–Kier alpha value is -2.45. The SMILES string of the molecule is Cc1sc(C(N)=O)cc1NC(=O)c1ccnc(N2CCN(C)CC2)c1. The van der Waals surface area contributed by atoms with Crippen LogP contribution in [0.15, 0.2) is 24.4 Å². The van der Waals surface area contributed by atoms with Crippen molar-refractivity contribution in [2.45, 2.75) is 6.92 Å². The molecule has 1 aliphatic heterocycles. The van der Waals surface area contributed by atoms with Crippen LogP contribution in [0.4, 0.5) is 11.5 Å². The summed E-state index contributed by atoms with van der Waals surface area (Å²) in [7, 11) is 2.10. The number of nitrogens with two attached hydrogens (primary N) is 1. The Balaban J connectivity index is 1.74. The van der Waals surface area contributed by atoms with E-state index in [-0.39, 0.29) is 5.91 Å². The number of amides is 2. The van der Waals surface area contributed by atoms with Crippen LogP contribution in [-0.4, -0.2) is 54.9 Å². The van der Waals surface area contributed by atoms with Crippen LogP contribution >= 0.6 is 11.3 Å². The number of likely N-dealkylation sites (N-methyl/N-ethyl adjacent to an activating group) is 1. The first kappa shape index (κ1) is 17.4. The van der Waals surface area contributed by atoms with E-state index in [0.29, 0.717) is 16.1 Å². The lowest BCUT2D eigenvalue weighted by Crippen LogP contribution is -2.44. The fourth-order valence-electron chi connectivity index (χ4n) is 2.69. The average Bonchev–Trinajstić information content (AvgIpc) is 2.97. The molecule has 0 radical (unpaired) electrons. The number of anilines is 2. The third kappa shape index (κ3) is 3.97. The minimum Gasteiger partial charge on any atom is -0.365 e. The van der Waals surface area contributed by atoms with Crippen LogP contribution in [0.5, 0.6) is 0 Å². The number of aromatic nitrogens is 1. The van der Waals surface area contributed by atoms with Gasteiger partial charge in [-0.2, -0.15) is 0 Å². The predicted octanol–water partition coefficient (Wildman–Crippen LogP) is 1.55. The third-order valence-electron chi connectivity index (χ3n) is 4.24. The molecule has 2 amide bonds. The maximum absolute atomic E-state index is 12.6. The van der Waals surface area contributed by atoms with Gasteiger partial charge in [-0.3, -0.25) is 9.59 Å². The largest absolute Gasteiger partial charge is 0.365 e. The molecule has 0 spiro atoms. The molecule has 0 unspecified atom stereocenters. The van der Waals surface area contributed by atoms with E-state index in [4.69, 9.17) is 5.73 Å². The molecule has 3 N–H and O–H groups in total. The van der Waals surface area contributed by atoms with Crippen LogP contribution in [0, 0.1) is 6.92 Å². The lowest BCUT2D eigenvalue weighted by atomic mass is 10.2. The van der Waals surface area contributed by atoms with Crippen molar-refractivity contribution in [3.63, 3.8) is 0 Å². The molecule has 132 valence electrons. The smallest absolute Gasteiger partial charge is 0.258 e. The van der Waals surface area contributed by atoms with Crippen molar-refractivity contribution >= 4 is 34.7 Å². The van der Waals surface area contributed by atoms with Gasteiger partial charge in [-0.05, 0) is 32.2 Å². The van der Waals surface area contributed by atoms with Crippen LogP contribution in [0.25, 0.3) is 0 Å². The maximum Gasteiger partial charge on any atom is 0.258 e. The highest BCUT2D eigenvalue weighted by Crippen LogP contribution is 2.26. The Morgan fingerprint density at radius 2 is 1.96 bits per heavy atom. The first-order chi connectivity index (χ1) is 11.9. The number of piperazine rings is 1. The van der Waals surface area contributed by atoms with Crippen molar-refractivity contribution in [1.29, 1.82) is 0 Å². The van der Waals surface area contributed by atoms with Gasteiger partial charge in [0.25, 0.3) is 11.8 Å². The molecule has 1 fully saturated rings. The fourth-order valence-corrected chi connectivity index (χ4v) is 3.52. The second-order valence-corrected chi connectivity index (χ2v) is 7.35. The molecule has 0 bridgehead atoms. The zero-order valence-electron chi connectivity index (χ0n) is 14.3. The van der Waals surface area contributed by atoms with E-state index < -0.39 is 5.91 Å². The van der Waals surface area contributed by atoms with Crippen LogP contribution in [0.2, 0.25) is 0 Å². The molecule has 1 saturated heterocycles. The highest BCUT2D eigenvalue weighted by atomic mass is 32.1. The zero-order chi connectivity index (χ0) is 18.0. The summed E-state index contributed by atoms with van der Waals surface area (Å²) in [6.07, 6.45) is 1.65. The standard InChI is InChI=1S/C17H21N5O2S/c1-11-13(10-14(25-11)16(18)23)20-17(24)12-3-4-19-15(9-12)22-7-5-21(2)6-8-22/h3-4,9-10H,5-8H2,1-2H3,(H2,18,23)(H,20,24). The van der Waals surface area contributed by atoms with Gasteiger partial charge >= 0.3 is 0 Å². The Morgan fingerprint density at radius 3 is 2.60 bits per heavy atom. The summed E-state index contributed by atoms with van der Waals surface area (Å²) in [5.74, 6) is 0.0881. The number of carbonyl (C=O) groups excluding carboxylic acids is 2. The molecule has 3 heterocycles. The van der Waals surface area contributed by atoms with Crippen molar-refractivity contribution in [1.82, 2.24) is 9.88 Å². The summed E-state index contributed by atoms with van der Waals surface area (Å²) in [6.45, 7) is 5.57. The van der Waals surface area contributed by atoms with Gasteiger partial charge in [0, 0.05) is 42.8 Å². The normalized spacial score (nSPS) is 15.2. The van der Waals surface area contributed by atoms with E-state index in [1.54, 1.807) is 24.4 Å². The minimum absolute atomic E-state index is 0.227. The van der Waals surface area contributed by atoms with Gasteiger partial charge in [0.15, 0.2) is 0 Å². The number of hydrogen-bond acceptors (Lipinski definition) is 6. The number of primary amides is 1. The van der Waals surface area contributed by atoms with E-state index in [0.717, 1.165) is 36.9 Å². The van der Waals surface area contributed by atoms with E-state index in [1.807, 2.05) is 6.92 Å². The van der Waals surface area contributed by atoms with Gasteiger partial charge in [0.05, 0.1) is 10.6 Å². The third-order valence-corrected chi connectivity index (χ3v) is 5.31. The summed E-state index contributed by atoms with van der Waals surface area (Å²) in [5, 5.41) is 2.85. The summed E-state index contributed by atoms with van der Waals surface area (Å²) in [4.78, 5) is 33.9. The number of thiophene rings is 1. The lowest BCUT2D eigenvalue weighted by Gasteiger charge is -2.33. The number of pyridine rings is 1. The van der Waals surface area contributed by atoms with Crippen LogP contribution in [-0.2, 0) is 0 Å². The van der Waals surface area contributed by atoms with Gasteiger partial charge in [-0.15, -0.1) is 11.3 Å². The van der Waals surface area contributed by atoms with E-state index >= 15 is 0 Å². The van der Waals surface area contributed by atoms with E-state index in [2.05, 4.69) is 27.1 Å². The number of hydrogen-bond donors (Lipinski definition) is 2. The number of rotatable bonds is 4. The fraction of sp³-hybridized carbons (Fsp3) is 0.353. The molecule has 3 rings (SSSR count). The number of nitrogens with zero attached hydrogens (tertiary/aromatic N) is 3. The average molecular weight is 359 g/mol.